The first-order valence-electron chi connectivity index (χ1n) is 8.72. The Hall–Kier alpha value is -1.69. The van der Waals surface area contributed by atoms with Crippen LogP contribution in [0.1, 0.15) is 5.56 Å². The topological polar surface area (TPSA) is 27.7 Å². The van der Waals surface area contributed by atoms with Crippen molar-refractivity contribution in [2.75, 3.05) is 51.4 Å². The Kier molecular flexibility index (Phi) is 6.24. The van der Waals surface area contributed by atoms with Gasteiger partial charge in [0.25, 0.3) is 0 Å². The number of ether oxygens (including phenoxy) is 1. The van der Waals surface area contributed by atoms with Crippen molar-refractivity contribution in [3.63, 3.8) is 0 Å². The highest BCUT2D eigenvalue weighted by atomic mass is 32.2. The lowest BCUT2D eigenvalue weighted by Gasteiger charge is -2.34. The zero-order valence-corrected chi connectivity index (χ0v) is 16.1. The molecule has 0 unspecified atom stereocenters. The third-order valence-electron chi connectivity index (χ3n) is 4.57. The first kappa shape index (κ1) is 18.1. The monoisotopic (exact) mass is 357 g/mol. The van der Waals surface area contributed by atoms with Gasteiger partial charge in [-0.3, -0.25) is 0 Å². The summed E-state index contributed by atoms with van der Waals surface area (Å²) in [5.74, 6) is 1.80. The molecule has 1 aliphatic rings. The number of piperazine rings is 1. The van der Waals surface area contributed by atoms with Gasteiger partial charge in [-0.1, -0.05) is 0 Å². The van der Waals surface area contributed by atoms with Crippen LogP contribution >= 0.6 is 11.8 Å². The predicted molar refractivity (Wildman–Crippen MR) is 107 cm³/mol. The maximum Gasteiger partial charge on any atom is 0.132 e. The second-order valence-electron chi connectivity index (χ2n) is 6.39. The highest BCUT2D eigenvalue weighted by Gasteiger charge is 2.16. The molecule has 1 fully saturated rings. The van der Waals surface area contributed by atoms with Crippen molar-refractivity contribution in [3.05, 3.63) is 48.0 Å². The number of rotatable bonds is 6. The van der Waals surface area contributed by atoms with E-state index in [0.717, 1.165) is 44.2 Å². The van der Waals surface area contributed by atoms with Crippen molar-refractivity contribution >= 4 is 17.4 Å². The van der Waals surface area contributed by atoms with Crippen LogP contribution in [0, 0.1) is 0 Å². The second-order valence-corrected chi connectivity index (χ2v) is 7.27. The molecule has 0 atom stereocenters. The maximum absolute atomic E-state index is 6.14. The Labute approximate surface area is 155 Å². The number of hydrogen-bond donors (Lipinski definition) is 1. The van der Waals surface area contributed by atoms with Crippen LogP contribution in [0.25, 0.3) is 0 Å². The Morgan fingerprint density at radius 2 is 1.76 bits per heavy atom. The van der Waals surface area contributed by atoms with E-state index in [1.165, 1.54) is 16.1 Å². The fraction of sp³-hybridized carbons (Fsp3) is 0.400. The van der Waals surface area contributed by atoms with Crippen molar-refractivity contribution in [1.82, 2.24) is 10.2 Å². The minimum absolute atomic E-state index is 0.791. The molecule has 1 N–H and O–H groups in total. The summed E-state index contributed by atoms with van der Waals surface area (Å²) in [6.07, 6.45) is 2.08. The fourth-order valence-corrected chi connectivity index (χ4v) is 3.43. The van der Waals surface area contributed by atoms with Crippen molar-refractivity contribution in [2.24, 2.45) is 0 Å². The van der Waals surface area contributed by atoms with Gasteiger partial charge in [0.15, 0.2) is 0 Å². The molecule has 0 aliphatic carbocycles. The lowest BCUT2D eigenvalue weighted by Crippen LogP contribution is -2.44. The minimum atomic E-state index is 0.791. The summed E-state index contributed by atoms with van der Waals surface area (Å²) >= 11 is 1.74. The number of nitrogens with zero attached hydrogens (tertiary/aromatic N) is 2. The molecule has 2 aromatic carbocycles. The quantitative estimate of drug-likeness (QED) is 0.796. The smallest absolute Gasteiger partial charge is 0.132 e. The molecule has 4 nitrogen and oxygen atoms in total. The van der Waals surface area contributed by atoms with Crippen molar-refractivity contribution in [3.8, 4) is 11.5 Å². The molecule has 0 aromatic heterocycles. The van der Waals surface area contributed by atoms with E-state index in [4.69, 9.17) is 4.74 Å². The van der Waals surface area contributed by atoms with Gasteiger partial charge >= 0.3 is 0 Å². The van der Waals surface area contributed by atoms with Crippen LogP contribution in [0.15, 0.2) is 47.4 Å². The number of benzene rings is 2. The molecule has 5 heteroatoms. The number of thioether (sulfide) groups is 1. The van der Waals surface area contributed by atoms with Crippen LogP contribution in [0.4, 0.5) is 5.69 Å². The second kappa shape index (κ2) is 8.61. The van der Waals surface area contributed by atoms with Crippen LogP contribution in [0.2, 0.25) is 0 Å². The fourth-order valence-electron chi connectivity index (χ4n) is 3.03. The number of hydrogen-bond acceptors (Lipinski definition) is 5. The summed E-state index contributed by atoms with van der Waals surface area (Å²) in [4.78, 5) is 6.07. The number of anilines is 1. The van der Waals surface area contributed by atoms with Crippen LogP contribution in [0.5, 0.6) is 11.5 Å². The van der Waals surface area contributed by atoms with E-state index in [1.807, 2.05) is 19.2 Å². The van der Waals surface area contributed by atoms with E-state index in [-0.39, 0.29) is 0 Å². The normalized spacial score (nSPS) is 15.4. The molecule has 1 heterocycles. The average Bonchev–Trinajstić information content (AvgIpc) is 2.65. The van der Waals surface area contributed by atoms with E-state index >= 15 is 0 Å². The third kappa shape index (κ3) is 4.69. The van der Waals surface area contributed by atoms with Gasteiger partial charge < -0.3 is 19.9 Å². The van der Waals surface area contributed by atoms with Gasteiger partial charge in [-0.15, -0.1) is 11.8 Å². The van der Waals surface area contributed by atoms with Gasteiger partial charge in [0.05, 0.1) is 0 Å². The lowest BCUT2D eigenvalue weighted by atomic mass is 10.1. The average molecular weight is 358 g/mol. The standard InChI is InChI=1S/C20H27N3OS/c1-21-15-16-14-17(23-12-10-22(2)11-13-23)4-9-20(16)24-18-5-7-19(25-3)8-6-18/h4-9,14,21H,10-13,15H2,1-3H3. The number of nitrogens with one attached hydrogen (secondary N) is 1. The Balaban J connectivity index is 1.78. The molecule has 2 aromatic rings. The summed E-state index contributed by atoms with van der Waals surface area (Å²) in [5.41, 5.74) is 2.47. The largest absolute Gasteiger partial charge is 0.457 e. The minimum Gasteiger partial charge on any atom is -0.457 e. The highest BCUT2D eigenvalue weighted by Crippen LogP contribution is 2.30. The van der Waals surface area contributed by atoms with Gasteiger partial charge in [-0.25, -0.2) is 0 Å². The highest BCUT2D eigenvalue weighted by molar-refractivity contribution is 7.98. The molecule has 1 aliphatic heterocycles. The van der Waals surface area contributed by atoms with E-state index in [2.05, 4.69) is 58.8 Å². The molecule has 3 rings (SSSR count). The lowest BCUT2D eigenvalue weighted by molar-refractivity contribution is 0.313. The maximum atomic E-state index is 6.14. The molecular weight excluding hydrogens is 330 g/mol. The van der Waals surface area contributed by atoms with E-state index in [9.17, 15) is 0 Å². The van der Waals surface area contributed by atoms with E-state index in [0.29, 0.717) is 0 Å². The van der Waals surface area contributed by atoms with Gasteiger partial charge in [-0.05, 0) is 62.8 Å². The molecule has 0 spiro atoms. The van der Waals surface area contributed by atoms with Crippen molar-refractivity contribution in [1.29, 1.82) is 0 Å². The number of likely N-dealkylation sites (N-methyl/N-ethyl adjacent to an activating group) is 1. The van der Waals surface area contributed by atoms with Gasteiger partial charge in [0.2, 0.25) is 0 Å². The summed E-state index contributed by atoms with van der Waals surface area (Å²) in [6.45, 7) is 5.17. The Morgan fingerprint density at radius 3 is 2.40 bits per heavy atom. The molecule has 25 heavy (non-hydrogen) atoms. The summed E-state index contributed by atoms with van der Waals surface area (Å²) in [7, 11) is 4.16. The first-order chi connectivity index (χ1) is 12.2. The van der Waals surface area contributed by atoms with Crippen LogP contribution in [0.3, 0.4) is 0 Å². The zero-order chi connectivity index (χ0) is 17.6. The SMILES string of the molecule is CNCc1cc(N2CCN(C)CC2)ccc1Oc1ccc(SC)cc1. The molecule has 0 radical (unpaired) electrons. The van der Waals surface area contributed by atoms with Crippen molar-refractivity contribution < 1.29 is 4.74 Å². The van der Waals surface area contributed by atoms with Crippen molar-refractivity contribution in [2.45, 2.75) is 11.4 Å². The van der Waals surface area contributed by atoms with E-state index in [1.54, 1.807) is 11.8 Å². The van der Waals surface area contributed by atoms with Crippen LogP contribution < -0.4 is 15.0 Å². The van der Waals surface area contributed by atoms with Crippen LogP contribution in [-0.4, -0.2) is 51.4 Å². The Bertz CT molecular complexity index is 682. The molecule has 0 bridgehead atoms. The first-order valence-corrected chi connectivity index (χ1v) is 9.95. The molecular formula is C20H27N3OS. The zero-order valence-electron chi connectivity index (χ0n) is 15.3. The summed E-state index contributed by atoms with van der Waals surface area (Å²) in [5, 5.41) is 3.26. The molecule has 0 saturated carbocycles. The summed E-state index contributed by atoms with van der Waals surface area (Å²) in [6, 6.07) is 14.8. The van der Waals surface area contributed by atoms with Gasteiger partial charge in [0, 0.05) is 48.9 Å². The molecule has 134 valence electrons. The molecule has 0 amide bonds. The summed E-state index contributed by atoms with van der Waals surface area (Å²) < 4.78 is 6.14. The van der Waals surface area contributed by atoms with E-state index < -0.39 is 0 Å². The molecule has 1 saturated heterocycles. The predicted octanol–water partition coefficient (Wildman–Crippen LogP) is 3.67. The van der Waals surface area contributed by atoms with Gasteiger partial charge in [-0.2, -0.15) is 0 Å². The third-order valence-corrected chi connectivity index (χ3v) is 5.31. The Morgan fingerprint density at radius 1 is 1.04 bits per heavy atom. The van der Waals surface area contributed by atoms with Gasteiger partial charge in [0.1, 0.15) is 11.5 Å². The van der Waals surface area contributed by atoms with Crippen LogP contribution in [-0.2, 0) is 6.54 Å².